The van der Waals surface area contributed by atoms with Gasteiger partial charge >= 0.3 is 12.1 Å². The van der Waals surface area contributed by atoms with Gasteiger partial charge in [0.1, 0.15) is 5.75 Å². The smallest absolute Gasteiger partial charge is 0.394 e. The fourth-order valence-electron chi connectivity index (χ4n) is 3.58. The van der Waals surface area contributed by atoms with Crippen molar-refractivity contribution in [2.75, 3.05) is 33.4 Å². The van der Waals surface area contributed by atoms with Crippen LogP contribution in [0.25, 0.3) is 6.08 Å². The lowest BCUT2D eigenvalue weighted by atomic mass is 9.83. The third-order valence-corrected chi connectivity index (χ3v) is 5.57. The van der Waals surface area contributed by atoms with Crippen LogP contribution in [0.5, 0.6) is 5.75 Å². The molecule has 0 bridgehead atoms. The molecular formula is C21H26F3NO3. The Hall–Kier alpha value is -2.02. The van der Waals surface area contributed by atoms with Crippen molar-refractivity contribution in [1.29, 1.82) is 0 Å². The van der Waals surface area contributed by atoms with Crippen molar-refractivity contribution in [2.45, 2.75) is 26.4 Å². The minimum Gasteiger partial charge on any atom is -0.493 e. The molecule has 1 aliphatic carbocycles. The summed E-state index contributed by atoms with van der Waals surface area (Å²) in [6.07, 6.45) is -1.28. The van der Waals surface area contributed by atoms with Gasteiger partial charge in [0.2, 0.25) is 0 Å². The number of hydrogen-bond donors (Lipinski definition) is 0. The zero-order chi connectivity index (χ0) is 20.5. The van der Waals surface area contributed by atoms with E-state index in [0.29, 0.717) is 24.8 Å². The van der Waals surface area contributed by atoms with Gasteiger partial charge in [-0.25, -0.2) is 0 Å². The van der Waals surface area contributed by atoms with E-state index >= 15 is 0 Å². The quantitative estimate of drug-likeness (QED) is 0.682. The van der Waals surface area contributed by atoms with Crippen LogP contribution in [0.1, 0.15) is 25.0 Å². The highest BCUT2D eigenvalue weighted by Gasteiger charge is 2.36. The first kappa shape index (κ1) is 20.7. The summed E-state index contributed by atoms with van der Waals surface area (Å²) in [5, 5.41) is 0. The normalized spacial score (nSPS) is 21.4. The Balaban J connectivity index is 1.60. The fourth-order valence-corrected chi connectivity index (χ4v) is 3.58. The number of likely N-dealkylation sites (tertiary alicyclic amines) is 1. The van der Waals surface area contributed by atoms with Gasteiger partial charge in [-0.1, -0.05) is 31.6 Å². The van der Waals surface area contributed by atoms with E-state index in [1.165, 1.54) is 12.7 Å². The first-order valence-corrected chi connectivity index (χ1v) is 9.50. The van der Waals surface area contributed by atoms with Crippen LogP contribution in [0.15, 0.2) is 23.8 Å². The zero-order valence-electron chi connectivity index (χ0n) is 16.4. The Morgan fingerprint density at radius 2 is 2.04 bits per heavy atom. The summed E-state index contributed by atoms with van der Waals surface area (Å²) < 4.78 is 48.0. The second-order valence-electron chi connectivity index (χ2n) is 7.85. The van der Waals surface area contributed by atoms with Crippen LogP contribution in [-0.4, -0.2) is 50.4 Å². The molecule has 28 heavy (non-hydrogen) atoms. The van der Waals surface area contributed by atoms with Gasteiger partial charge in [-0.05, 0) is 35.6 Å². The molecular weight excluding hydrogens is 371 g/mol. The third kappa shape index (κ3) is 4.69. The van der Waals surface area contributed by atoms with E-state index < -0.39 is 12.1 Å². The molecule has 1 heterocycles. The van der Waals surface area contributed by atoms with Crippen molar-refractivity contribution in [3.05, 3.63) is 34.9 Å². The lowest BCUT2D eigenvalue weighted by Crippen LogP contribution is -2.51. The maximum Gasteiger partial charge on any atom is 0.394 e. The Labute approximate surface area is 163 Å². The van der Waals surface area contributed by atoms with Gasteiger partial charge in [-0.2, -0.15) is 13.2 Å². The van der Waals surface area contributed by atoms with E-state index in [9.17, 15) is 18.0 Å². The number of benzene rings is 1. The van der Waals surface area contributed by atoms with Gasteiger partial charge in [-0.15, -0.1) is 0 Å². The van der Waals surface area contributed by atoms with E-state index in [1.54, 1.807) is 6.07 Å². The van der Waals surface area contributed by atoms with Gasteiger partial charge in [0.05, 0.1) is 25.6 Å². The standard InChI is InChI=1S/C21H26F3NO3/c1-13-6-16-8-19(28-12-14(2)21(22,23)24)5-4-15(16)7-17(13)9-25-10-18(11-25)20(26)27-3/h4-5,7-8,13-14,18H,6,9-12H2,1-3H3/t13-,14-/m0/s1. The Morgan fingerprint density at radius 3 is 2.68 bits per heavy atom. The van der Waals surface area contributed by atoms with Crippen molar-refractivity contribution in [2.24, 2.45) is 17.8 Å². The zero-order valence-corrected chi connectivity index (χ0v) is 16.4. The third-order valence-electron chi connectivity index (χ3n) is 5.57. The topological polar surface area (TPSA) is 38.8 Å². The Bertz CT molecular complexity index is 754. The number of halogens is 3. The predicted molar refractivity (Wildman–Crippen MR) is 99.9 cm³/mol. The summed E-state index contributed by atoms with van der Waals surface area (Å²) in [6.45, 7) is 5.13. The van der Waals surface area contributed by atoms with Gasteiger partial charge < -0.3 is 9.47 Å². The summed E-state index contributed by atoms with van der Waals surface area (Å²) in [5.74, 6) is -0.883. The van der Waals surface area contributed by atoms with Crippen LogP contribution in [0.2, 0.25) is 0 Å². The molecule has 0 N–H and O–H groups in total. The van der Waals surface area contributed by atoms with Crippen molar-refractivity contribution in [1.82, 2.24) is 4.90 Å². The summed E-state index contributed by atoms with van der Waals surface area (Å²) in [5.41, 5.74) is 3.47. The maximum atomic E-state index is 12.6. The number of carbonyl (C=O) groups excluding carboxylic acids is 1. The molecule has 1 aromatic carbocycles. The molecule has 2 atom stereocenters. The molecule has 0 aromatic heterocycles. The minimum absolute atomic E-state index is 0.0319. The molecule has 3 rings (SSSR count). The molecule has 0 amide bonds. The monoisotopic (exact) mass is 397 g/mol. The molecule has 1 aliphatic heterocycles. The molecule has 0 spiro atoms. The molecule has 1 fully saturated rings. The second-order valence-corrected chi connectivity index (χ2v) is 7.85. The molecule has 1 aromatic rings. The Morgan fingerprint density at radius 1 is 1.32 bits per heavy atom. The molecule has 0 saturated carbocycles. The fraction of sp³-hybridized carbons (Fsp3) is 0.571. The van der Waals surface area contributed by atoms with Crippen molar-refractivity contribution in [3.8, 4) is 5.75 Å². The highest BCUT2D eigenvalue weighted by atomic mass is 19.4. The van der Waals surface area contributed by atoms with E-state index in [0.717, 1.165) is 31.0 Å². The molecule has 0 radical (unpaired) electrons. The number of nitrogens with zero attached hydrogens (tertiary/aromatic N) is 1. The lowest BCUT2D eigenvalue weighted by Gasteiger charge is -2.39. The van der Waals surface area contributed by atoms with Crippen LogP contribution < -0.4 is 4.74 Å². The molecule has 2 aliphatic rings. The average Bonchev–Trinajstić information content (AvgIpc) is 2.60. The number of carbonyl (C=O) groups is 1. The predicted octanol–water partition coefficient (Wildman–Crippen LogP) is 3.94. The largest absolute Gasteiger partial charge is 0.493 e. The SMILES string of the molecule is COC(=O)C1CN(CC2=Cc3ccc(OC[C@H](C)C(F)(F)F)cc3C[C@@H]2C)C1. The van der Waals surface area contributed by atoms with E-state index in [2.05, 4.69) is 17.9 Å². The molecule has 0 unspecified atom stereocenters. The lowest BCUT2D eigenvalue weighted by molar-refractivity contribution is -0.176. The molecule has 1 saturated heterocycles. The number of fused-ring (bicyclic) bond motifs is 1. The number of ether oxygens (including phenoxy) is 2. The second kappa shape index (κ2) is 8.15. The van der Waals surface area contributed by atoms with Crippen LogP contribution >= 0.6 is 0 Å². The average molecular weight is 397 g/mol. The van der Waals surface area contributed by atoms with Gasteiger partial charge in [0.25, 0.3) is 0 Å². The first-order valence-electron chi connectivity index (χ1n) is 9.50. The van der Waals surface area contributed by atoms with Gasteiger partial charge in [-0.3, -0.25) is 9.69 Å². The number of hydrogen-bond acceptors (Lipinski definition) is 4. The van der Waals surface area contributed by atoms with Crippen LogP contribution in [0.3, 0.4) is 0 Å². The Kier molecular flexibility index (Phi) is 6.03. The molecule has 4 nitrogen and oxygen atoms in total. The minimum atomic E-state index is -4.25. The number of alkyl halides is 3. The summed E-state index contributed by atoms with van der Waals surface area (Å²) in [7, 11) is 1.41. The van der Waals surface area contributed by atoms with Crippen LogP contribution in [-0.2, 0) is 16.0 Å². The summed E-state index contributed by atoms with van der Waals surface area (Å²) >= 11 is 0. The van der Waals surface area contributed by atoms with Crippen molar-refractivity contribution < 1.29 is 27.4 Å². The van der Waals surface area contributed by atoms with E-state index in [4.69, 9.17) is 9.47 Å². The first-order chi connectivity index (χ1) is 13.2. The number of methoxy groups -OCH3 is 1. The van der Waals surface area contributed by atoms with Gasteiger partial charge in [0.15, 0.2) is 0 Å². The summed E-state index contributed by atoms with van der Waals surface area (Å²) in [4.78, 5) is 13.7. The number of esters is 1. The van der Waals surface area contributed by atoms with Gasteiger partial charge in [0, 0.05) is 19.6 Å². The highest BCUT2D eigenvalue weighted by Crippen LogP contribution is 2.33. The van der Waals surface area contributed by atoms with E-state index in [1.807, 2.05) is 12.1 Å². The molecule has 7 heteroatoms. The molecule has 154 valence electrons. The maximum absolute atomic E-state index is 12.6. The van der Waals surface area contributed by atoms with E-state index in [-0.39, 0.29) is 18.5 Å². The number of rotatable bonds is 6. The van der Waals surface area contributed by atoms with Crippen molar-refractivity contribution >= 4 is 12.0 Å². The van der Waals surface area contributed by atoms with Crippen LogP contribution in [0.4, 0.5) is 13.2 Å². The van der Waals surface area contributed by atoms with Crippen molar-refractivity contribution in [3.63, 3.8) is 0 Å². The summed E-state index contributed by atoms with van der Waals surface area (Å²) in [6, 6.07) is 5.48. The van der Waals surface area contributed by atoms with Crippen LogP contribution in [0, 0.1) is 17.8 Å². The highest BCUT2D eigenvalue weighted by molar-refractivity contribution is 5.74.